The maximum absolute atomic E-state index is 11.8. The smallest absolute Gasteiger partial charge is 0.289 e. The normalized spacial score (nSPS) is 10.2. The van der Waals surface area contributed by atoms with Gasteiger partial charge in [0.25, 0.3) is 12.1 Å². The molecule has 1 heterocycles. The van der Waals surface area contributed by atoms with E-state index in [0.717, 1.165) is 12.3 Å². The maximum Gasteiger partial charge on any atom is 0.289 e. The van der Waals surface area contributed by atoms with Gasteiger partial charge in [-0.05, 0) is 0 Å². The Labute approximate surface area is 107 Å². The van der Waals surface area contributed by atoms with Crippen LogP contribution in [-0.4, -0.2) is 36.1 Å². The minimum absolute atomic E-state index is 0.00283. The van der Waals surface area contributed by atoms with Crippen LogP contribution in [0.4, 0.5) is 20.3 Å². The van der Waals surface area contributed by atoms with Gasteiger partial charge in [-0.15, -0.1) is 0 Å². The van der Waals surface area contributed by atoms with Gasteiger partial charge in [0.1, 0.15) is 30.3 Å². The number of ether oxygens (including phenoxy) is 1. The summed E-state index contributed by atoms with van der Waals surface area (Å²) in [6, 6.07) is 2.84. The lowest BCUT2D eigenvalue weighted by Gasteiger charge is -2.07. The van der Waals surface area contributed by atoms with Crippen LogP contribution >= 0.6 is 0 Å². The summed E-state index contributed by atoms with van der Waals surface area (Å²) in [5.41, 5.74) is -0.292. The Balaban J connectivity index is 2.54. The molecule has 19 heavy (non-hydrogen) atoms. The second-order valence-electron chi connectivity index (χ2n) is 3.35. The molecule has 1 aromatic heterocycles. The highest BCUT2D eigenvalue weighted by Gasteiger charge is 2.11. The number of halogens is 2. The van der Waals surface area contributed by atoms with Gasteiger partial charge < -0.3 is 10.1 Å². The molecule has 0 radical (unpaired) electrons. The lowest BCUT2D eigenvalue weighted by atomic mass is 10.2. The van der Waals surface area contributed by atoms with Crippen LogP contribution in [0.25, 0.3) is 0 Å². The quantitative estimate of drug-likeness (QED) is 0.459. The van der Waals surface area contributed by atoms with Crippen molar-refractivity contribution in [1.29, 1.82) is 5.26 Å². The van der Waals surface area contributed by atoms with E-state index in [-0.39, 0.29) is 30.2 Å². The first-order chi connectivity index (χ1) is 9.04. The molecule has 0 aliphatic rings. The minimum atomic E-state index is -2.54. The fourth-order valence-electron chi connectivity index (χ4n) is 1.19. The van der Waals surface area contributed by atoms with Crippen molar-refractivity contribution in [3.8, 4) is 6.07 Å². The van der Waals surface area contributed by atoms with Gasteiger partial charge >= 0.3 is 0 Å². The molecule has 1 aromatic rings. The molecule has 102 valence electrons. The summed E-state index contributed by atoms with van der Waals surface area (Å²) in [5, 5.41) is 22.0. The number of aromatic nitrogens is 1. The van der Waals surface area contributed by atoms with E-state index in [1.807, 2.05) is 0 Å². The standard InChI is InChI=1S/C10H10F2N4O3/c11-9(12)6-19-2-1-14-10-7(4-13)3-8(5-15-10)16(17)18/h3,5,9H,1-2,6H2,(H,14,15). The average Bonchev–Trinajstić information content (AvgIpc) is 2.37. The second-order valence-corrected chi connectivity index (χ2v) is 3.35. The van der Waals surface area contributed by atoms with Gasteiger partial charge in [0.2, 0.25) is 0 Å². The number of hydrogen-bond donors (Lipinski definition) is 1. The van der Waals surface area contributed by atoms with E-state index in [0.29, 0.717) is 0 Å². The Morgan fingerprint density at radius 2 is 2.37 bits per heavy atom. The fourth-order valence-corrected chi connectivity index (χ4v) is 1.19. The van der Waals surface area contributed by atoms with Crippen LogP contribution in [0.3, 0.4) is 0 Å². The molecule has 0 saturated carbocycles. The highest BCUT2D eigenvalue weighted by atomic mass is 19.3. The van der Waals surface area contributed by atoms with E-state index >= 15 is 0 Å². The molecule has 0 fully saturated rings. The van der Waals surface area contributed by atoms with Crippen LogP contribution in [0, 0.1) is 21.4 Å². The van der Waals surface area contributed by atoms with Crippen molar-refractivity contribution >= 4 is 11.5 Å². The van der Waals surface area contributed by atoms with Gasteiger partial charge in [-0.25, -0.2) is 13.8 Å². The molecule has 0 amide bonds. The predicted octanol–water partition coefficient (Wildman–Crippen LogP) is 1.56. The van der Waals surface area contributed by atoms with Crippen molar-refractivity contribution in [2.24, 2.45) is 0 Å². The van der Waals surface area contributed by atoms with Crippen molar-refractivity contribution in [1.82, 2.24) is 4.98 Å². The summed E-state index contributed by atoms with van der Waals surface area (Å²) in [5.74, 6) is 0.147. The number of anilines is 1. The number of alkyl halides is 2. The average molecular weight is 272 g/mol. The Kier molecular flexibility index (Phi) is 5.56. The van der Waals surface area contributed by atoms with Gasteiger partial charge in [0.15, 0.2) is 0 Å². The molecule has 1 rings (SSSR count). The zero-order chi connectivity index (χ0) is 14.3. The number of nitriles is 1. The summed E-state index contributed by atoms with van der Waals surface area (Å²) >= 11 is 0. The largest absolute Gasteiger partial charge is 0.374 e. The van der Waals surface area contributed by atoms with E-state index in [1.165, 1.54) is 0 Å². The van der Waals surface area contributed by atoms with E-state index in [2.05, 4.69) is 15.0 Å². The van der Waals surface area contributed by atoms with Crippen molar-refractivity contribution in [2.75, 3.05) is 25.1 Å². The van der Waals surface area contributed by atoms with Gasteiger partial charge in [0, 0.05) is 12.6 Å². The topological polar surface area (TPSA) is 101 Å². The third-order valence-electron chi connectivity index (χ3n) is 1.99. The van der Waals surface area contributed by atoms with Crippen LogP contribution in [0.5, 0.6) is 0 Å². The van der Waals surface area contributed by atoms with Crippen LogP contribution in [-0.2, 0) is 4.74 Å². The molecule has 0 aliphatic heterocycles. The zero-order valence-corrected chi connectivity index (χ0v) is 9.68. The van der Waals surface area contributed by atoms with E-state index in [9.17, 15) is 18.9 Å². The Bertz CT molecular complexity index is 490. The summed E-state index contributed by atoms with van der Waals surface area (Å²) in [6.07, 6.45) is -1.53. The molecular formula is C10H10F2N4O3. The van der Waals surface area contributed by atoms with Gasteiger partial charge in [-0.3, -0.25) is 10.1 Å². The van der Waals surface area contributed by atoms with Crippen LogP contribution in [0.15, 0.2) is 12.3 Å². The molecule has 0 spiro atoms. The van der Waals surface area contributed by atoms with Gasteiger partial charge in [-0.1, -0.05) is 0 Å². The highest BCUT2D eigenvalue weighted by molar-refractivity contribution is 5.55. The zero-order valence-electron chi connectivity index (χ0n) is 9.68. The van der Waals surface area contributed by atoms with Crippen LogP contribution in [0.1, 0.15) is 5.56 Å². The number of nitro groups is 1. The van der Waals surface area contributed by atoms with E-state index in [4.69, 9.17) is 5.26 Å². The first-order valence-corrected chi connectivity index (χ1v) is 5.19. The van der Waals surface area contributed by atoms with Gasteiger partial charge in [0.05, 0.1) is 11.5 Å². The molecule has 7 nitrogen and oxygen atoms in total. The maximum atomic E-state index is 11.8. The van der Waals surface area contributed by atoms with Crippen LogP contribution in [0.2, 0.25) is 0 Å². The van der Waals surface area contributed by atoms with E-state index < -0.39 is 18.0 Å². The first kappa shape index (κ1) is 14.7. The Morgan fingerprint density at radius 3 is 2.95 bits per heavy atom. The number of rotatable bonds is 7. The summed E-state index contributed by atoms with van der Waals surface area (Å²) < 4.78 is 28.1. The van der Waals surface area contributed by atoms with Gasteiger partial charge in [-0.2, -0.15) is 5.26 Å². The Hall–Kier alpha value is -2.34. The van der Waals surface area contributed by atoms with Crippen molar-refractivity contribution < 1.29 is 18.4 Å². The second kappa shape index (κ2) is 7.17. The molecule has 0 aromatic carbocycles. The van der Waals surface area contributed by atoms with Crippen molar-refractivity contribution in [3.05, 3.63) is 27.9 Å². The minimum Gasteiger partial charge on any atom is -0.374 e. The lowest BCUT2D eigenvalue weighted by molar-refractivity contribution is -0.385. The molecular weight excluding hydrogens is 262 g/mol. The summed E-state index contributed by atoms with van der Waals surface area (Å²) in [7, 11) is 0. The third-order valence-corrected chi connectivity index (χ3v) is 1.99. The van der Waals surface area contributed by atoms with Crippen LogP contribution < -0.4 is 5.32 Å². The highest BCUT2D eigenvalue weighted by Crippen LogP contribution is 2.17. The van der Waals surface area contributed by atoms with Crippen molar-refractivity contribution in [3.63, 3.8) is 0 Å². The monoisotopic (exact) mass is 272 g/mol. The summed E-state index contributed by atoms with van der Waals surface area (Å²) in [4.78, 5) is 13.5. The molecule has 1 N–H and O–H groups in total. The molecule has 0 saturated heterocycles. The molecule has 9 heteroatoms. The molecule has 0 aliphatic carbocycles. The number of pyridine rings is 1. The third kappa shape index (κ3) is 4.81. The molecule has 0 unspecified atom stereocenters. The predicted molar refractivity (Wildman–Crippen MR) is 60.9 cm³/mol. The first-order valence-electron chi connectivity index (χ1n) is 5.19. The fraction of sp³-hybridized carbons (Fsp3) is 0.400. The molecule has 0 bridgehead atoms. The summed E-state index contributed by atoms with van der Waals surface area (Å²) in [6.45, 7) is -0.499. The van der Waals surface area contributed by atoms with E-state index in [1.54, 1.807) is 6.07 Å². The Morgan fingerprint density at radius 1 is 1.63 bits per heavy atom. The SMILES string of the molecule is N#Cc1cc([N+](=O)[O-])cnc1NCCOCC(F)F. The number of nitrogens with zero attached hydrogens (tertiary/aromatic N) is 3. The number of hydrogen-bond acceptors (Lipinski definition) is 6. The van der Waals surface area contributed by atoms with Crippen molar-refractivity contribution in [2.45, 2.75) is 6.43 Å². The lowest BCUT2D eigenvalue weighted by Crippen LogP contribution is -2.14. The molecule has 0 atom stereocenters. The number of nitrogens with one attached hydrogen (secondary N) is 1.